The molecule has 0 spiro atoms. The zero-order valence-corrected chi connectivity index (χ0v) is 28.0. The number of benzene rings is 7. The summed E-state index contributed by atoms with van der Waals surface area (Å²) >= 11 is 0. The third-order valence-corrected chi connectivity index (χ3v) is 14.5. The Morgan fingerprint density at radius 2 is 0.840 bits per heavy atom. The molecule has 0 N–H and O–H groups in total. The fourth-order valence-electron chi connectivity index (χ4n) is 7.44. The zero-order valence-electron chi connectivity index (χ0n) is 27.0. The quantitative estimate of drug-likeness (QED) is 0.138. The molecule has 0 unspecified atom stereocenters. The minimum Gasteiger partial charge on any atom is -0.309 e. The minimum atomic E-state index is -2.89. The maximum atomic E-state index is 10.1. The average molecular weight is 653 g/mol. The lowest BCUT2D eigenvalue weighted by atomic mass is 10.0. The lowest BCUT2D eigenvalue weighted by Crippen LogP contribution is -2.75. The van der Waals surface area contributed by atoms with E-state index in [9.17, 15) is 15.8 Å². The number of fused-ring (bicyclic) bond motifs is 3. The third-order valence-electron chi connectivity index (χ3n) is 9.63. The molecule has 0 saturated carbocycles. The SMILES string of the molecule is N#Cc1ccc([Si](c2ccccc2)(c2ccccc2)c2ccccc2)c(-c2ccc(-n3c4ccc(C#N)cc4c4cc(C#N)ccc43)cc2)c1. The summed E-state index contributed by atoms with van der Waals surface area (Å²) in [5.41, 5.74) is 6.66. The van der Waals surface area contributed by atoms with Crippen molar-refractivity contribution in [3.05, 3.63) is 187 Å². The second-order valence-electron chi connectivity index (χ2n) is 12.3. The van der Waals surface area contributed by atoms with Crippen molar-refractivity contribution in [3.8, 4) is 35.0 Å². The molecule has 0 radical (unpaired) electrons. The van der Waals surface area contributed by atoms with Crippen molar-refractivity contribution < 1.29 is 0 Å². The molecule has 1 heterocycles. The van der Waals surface area contributed by atoms with Crippen LogP contribution in [0, 0.1) is 34.0 Å². The number of aromatic nitrogens is 1. The number of hydrogen-bond donors (Lipinski definition) is 0. The van der Waals surface area contributed by atoms with E-state index in [4.69, 9.17) is 0 Å². The monoisotopic (exact) mass is 652 g/mol. The predicted molar refractivity (Wildman–Crippen MR) is 204 cm³/mol. The molecular formula is C45H28N4Si. The third kappa shape index (κ3) is 4.88. The first-order valence-electron chi connectivity index (χ1n) is 16.4. The zero-order chi connectivity index (χ0) is 34.1. The molecule has 0 aliphatic rings. The molecule has 0 saturated heterocycles. The second kappa shape index (κ2) is 12.6. The molecule has 0 amide bonds. The molecule has 5 heteroatoms. The molecule has 7 aromatic carbocycles. The number of nitrogens with zero attached hydrogens (tertiary/aromatic N) is 4. The van der Waals surface area contributed by atoms with E-state index in [0.717, 1.165) is 38.6 Å². The molecule has 50 heavy (non-hydrogen) atoms. The molecular weight excluding hydrogens is 625 g/mol. The summed E-state index contributed by atoms with van der Waals surface area (Å²) in [7, 11) is -2.89. The van der Waals surface area contributed by atoms with Crippen LogP contribution in [-0.4, -0.2) is 12.6 Å². The van der Waals surface area contributed by atoms with Gasteiger partial charge in [0.15, 0.2) is 8.07 Å². The highest BCUT2D eigenvalue weighted by Gasteiger charge is 2.43. The molecule has 0 bridgehead atoms. The fraction of sp³-hybridized carbons (Fsp3) is 0. The van der Waals surface area contributed by atoms with E-state index >= 15 is 0 Å². The second-order valence-corrected chi connectivity index (χ2v) is 16.1. The van der Waals surface area contributed by atoms with Crippen LogP contribution in [0.3, 0.4) is 0 Å². The van der Waals surface area contributed by atoms with Crippen LogP contribution in [0.4, 0.5) is 0 Å². The Morgan fingerprint density at radius 1 is 0.420 bits per heavy atom. The molecule has 4 nitrogen and oxygen atoms in total. The van der Waals surface area contributed by atoms with Crippen LogP contribution in [-0.2, 0) is 0 Å². The highest BCUT2D eigenvalue weighted by molar-refractivity contribution is 7.20. The van der Waals surface area contributed by atoms with Gasteiger partial charge in [0.25, 0.3) is 0 Å². The van der Waals surface area contributed by atoms with Gasteiger partial charge in [-0.1, -0.05) is 109 Å². The topological polar surface area (TPSA) is 76.3 Å². The van der Waals surface area contributed by atoms with Gasteiger partial charge in [0.2, 0.25) is 0 Å². The van der Waals surface area contributed by atoms with Crippen molar-refractivity contribution in [3.63, 3.8) is 0 Å². The van der Waals surface area contributed by atoms with Gasteiger partial charge in [-0.15, -0.1) is 0 Å². The van der Waals surface area contributed by atoms with Gasteiger partial charge in [-0.2, -0.15) is 15.8 Å². The Hall–Kier alpha value is -6.97. The maximum Gasteiger partial charge on any atom is 0.180 e. The van der Waals surface area contributed by atoms with Crippen LogP contribution in [0.1, 0.15) is 16.7 Å². The van der Waals surface area contributed by atoms with Crippen molar-refractivity contribution in [2.45, 2.75) is 0 Å². The Bertz CT molecular complexity index is 2490. The highest BCUT2D eigenvalue weighted by Crippen LogP contribution is 2.34. The molecule has 8 aromatic rings. The summed E-state index contributed by atoms with van der Waals surface area (Å²) in [5.74, 6) is 0. The van der Waals surface area contributed by atoms with E-state index in [0.29, 0.717) is 16.7 Å². The van der Waals surface area contributed by atoms with Crippen LogP contribution in [0.15, 0.2) is 170 Å². The van der Waals surface area contributed by atoms with Gasteiger partial charge in [-0.05, 0) is 92.5 Å². The highest BCUT2D eigenvalue weighted by atomic mass is 28.3. The van der Waals surface area contributed by atoms with Crippen molar-refractivity contribution >= 4 is 50.6 Å². The molecule has 0 aliphatic carbocycles. The van der Waals surface area contributed by atoms with E-state index in [2.05, 4.69) is 144 Å². The Labute approximate surface area is 291 Å². The first kappa shape index (κ1) is 30.4. The largest absolute Gasteiger partial charge is 0.309 e. The van der Waals surface area contributed by atoms with Crippen LogP contribution < -0.4 is 20.7 Å². The van der Waals surface area contributed by atoms with Crippen LogP contribution >= 0.6 is 0 Å². The van der Waals surface area contributed by atoms with Crippen molar-refractivity contribution in [2.24, 2.45) is 0 Å². The van der Waals surface area contributed by atoms with Crippen molar-refractivity contribution in [1.82, 2.24) is 4.57 Å². The molecule has 0 atom stereocenters. The normalized spacial score (nSPS) is 11.1. The van der Waals surface area contributed by atoms with Crippen LogP contribution in [0.2, 0.25) is 0 Å². The van der Waals surface area contributed by atoms with Crippen molar-refractivity contribution in [2.75, 3.05) is 0 Å². The maximum absolute atomic E-state index is 10.1. The lowest BCUT2D eigenvalue weighted by Gasteiger charge is -2.36. The van der Waals surface area contributed by atoms with Gasteiger partial charge in [0, 0.05) is 16.5 Å². The summed E-state index contributed by atoms with van der Waals surface area (Å²) in [4.78, 5) is 0. The number of nitriles is 3. The van der Waals surface area contributed by atoms with E-state index in [1.54, 1.807) is 0 Å². The molecule has 0 aliphatic heterocycles. The van der Waals surface area contributed by atoms with Crippen molar-refractivity contribution in [1.29, 1.82) is 15.8 Å². The summed E-state index contributed by atoms with van der Waals surface area (Å²) in [6.07, 6.45) is 0. The van der Waals surface area contributed by atoms with Crippen LogP contribution in [0.25, 0.3) is 38.6 Å². The van der Waals surface area contributed by atoms with Gasteiger partial charge in [-0.3, -0.25) is 0 Å². The Morgan fingerprint density at radius 3 is 1.28 bits per heavy atom. The smallest absolute Gasteiger partial charge is 0.180 e. The van der Waals surface area contributed by atoms with Gasteiger partial charge in [-0.25, -0.2) is 0 Å². The minimum absolute atomic E-state index is 0.571. The van der Waals surface area contributed by atoms with Gasteiger partial charge in [0.1, 0.15) is 0 Å². The molecule has 0 fully saturated rings. The van der Waals surface area contributed by atoms with Gasteiger partial charge >= 0.3 is 0 Å². The average Bonchev–Trinajstić information content (AvgIpc) is 3.52. The summed E-state index contributed by atoms with van der Waals surface area (Å²) in [5, 5.41) is 36.2. The lowest BCUT2D eigenvalue weighted by molar-refractivity contribution is 1.18. The summed E-state index contributed by atoms with van der Waals surface area (Å²) < 4.78 is 2.18. The number of rotatable bonds is 6. The van der Waals surface area contributed by atoms with Gasteiger partial charge in [0.05, 0.1) is 45.9 Å². The first-order chi connectivity index (χ1) is 24.6. The van der Waals surface area contributed by atoms with Gasteiger partial charge < -0.3 is 4.57 Å². The van der Waals surface area contributed by atoms with E-state index in [1.165, 1.54) is 20.7 Å². The Kier molecular flexibility index (Phi) is 7.63. The molecule has 1 aromatic heterocycles. The standard InChI is InChI=1S/C45H28N4Si/c46-29-32-16-23-43-41(27-32)42-28-33(30-47)17-24-44(42)49(43)36-21-19-35(20-22-36)40-26-34(31-48)18-25-45(40)50(37-10-4-1-5-11-37,38-12-6-2-7-13-38)39-14-8-3-9-15-39/h1-28H. The molecule has 232 valence electrons. The summed E-state index contributed by atoms with van der Waals surface area (Å²) in [6.45, 7) is 0. The van der Waals surface area contributed by atoms with E-state index in [1.807, 2.05) is 48.5 Å². The van der Waals surface area contributed by atoms with E-state index < -0.39 is 8.07 Å². The predicted octanol–water partition coefficient (Wildman–Crippen LogP) is 7.44. The summed E-state index contributed by atoms with van der Waals surface area (Å²) in [6, 6.07) is 65.3. The molecule has 8 rings (SSSR count). The fourth-order valence-corrected chi connectivity index (χ4v) is 12.4. The van der Waals surface area contributed by atoms with Crippen LogP contribution in [0.5, 0.6) is 0 Å². The Balaban J connectivity index is 1.38. The number of hydrogen-bond acceptors (Lipinski definition) is 3. The van der Waals surface area contributed by atoms with E-state index in [-0.39, 0.29) is 0 Å². The first-order valence-corrected chi connectivity index (χ1v) is 18.4.